The van der Waals surface area contributed by atoms with E-state index in [1.165, 1.54) is 0 Å². The SMILES string of the molecule is COc1cccc(CC(C)(O)c2sccc2C)c1. The summed E-state index contributed by atoms with van der Waals surface area (Å²) in [6.45, 7) is 3.90. The van der Waals surface area contributed by atoms with Crippen molar-refractivity contribution in [1.82, 2.24) is 0 Å². The molecule has 0 spiro atoms. The fraction of sp³-hybridized carbons (Fsp3) is 0.333. The largest absolute Gasteiger partial charge is 0.497 e. The molecule has 2 aromatic rings. The Labute approximate surface area is 112 Å². The van der Waals surface area contributed by atoms with E-state index in [1.54, 1.807) is 18.4 Å². The molecule has 1 aromatic carbocycles. The Balaban J connectivity index is 2.24. The molecule has 1 atom stereocenters. The second-order valence-corrected chi connectivity index (χ2v) is 5.65. The van der Waals surface area contributed by atoms with Crippen LogP contribution in [0.3, 0.4) is 0 Å². The Kier molecular flexibility index (Phi) is 3.73. The van der Waals surface area contributed by atoms with Crippen molar-refractivity contribution in [3.63, 3.8) is 0 Å². The van der Waals surface area contributed by atoms with Gasteiger partial charge in [-0.2, -0.15) is 0 Å². The van der Waals surface area contributed by atoms with Gasteiger partial charge < -0.3 is 9.84 Å². The topological polar surface area (TPSA) is 29.5 Å². The van der Waals surface area contributed by atoms with E-state index in [9.17, 15) is 5.11 Å². The third-order valence-corrected chi connectivity index (χ3v) is 4.30. The predicted molar refractivity (Wildman–Crippen MR) is 75.3 cm³/mol. The molecule has 1 aromatic heterocycles. The van der Waals surface area contributed by atoms with Crippen molar-refractivity contribution in [3.05, 3.63) is 51.7 Å². The van der Waals surface area contributed by atoms with Gasteiger partial charge in [-0.1, -0.05) is 12.1 Å². The van der Waals surface area contributed by atoms with Crippen molar-refractivity contribution in [2.75, 3.05) is 7.11 Å². The Morgan fingerprint density at radius 3 is 2.72 bits per heavy atom. The van der Waals surface area contributed by atoms with Crippen molar-refractivity contribution >= 4 is 11.3 Å². The molecule has 0 aliphatic carbocycles. The van der Waals surface area contributed by atoms with E-state index in [4.69, 9.17) is 4.74 Å². The van der Waals surface area contributed by atoms with Crippen molar-refractivity contribution in [2.24, 2.45) is 0 Å². The van der Waals surface area contributed by atoms with Crippen LogP contribution in [0.25, 0.3) is 0 Å². The first-order valence-corrected chi connectivity index (χ1v) is 6.81. The highest BCUT2D eigenvalue weighted by Crippen LogP contribution is 2.32. The first kappa shape index (κ1) is 13.1. The van der Waals surface area contributed by atoms with Crippen LogP contribution in [0.2, 0.25) is 0 Å². The molecule has 0 aliphatic rings. The van der Waals surface area contributed by atoms with Gasteiger partial charge in [-0.25, -0.2) is 0 Å². The van der Waals surface area contributed by atoms with Gasteiger partial charge in [-0.15, -0.1) is 11.3 Å². The van der Waals surface area contributed by atoms with Crippen LogP contribution >= 0.6 is 11.3 Å². The third kappa shape index (κ3) is 2.74. The maximum Gasteiger partial charge on any atom is 0.119 e. The van der Waals surface area contributed by atoms with Crippen LogP contribution in [0.4, 0.5) is 0 Å². The van der Waals surface area contributed by atoms with E-state index in [2.05, 4.69) is 0 Å². The summed E-state index contributed by atoms with van der Waals surface area (Å²) in [7, 11) is 1.65. The van der Waals surface area contributed by atoms with Gasteiger partial charge in [0.2, 0.25) is 0 Å². The number of thiophene rings is 1. The van der Waals surface area contributed by atoms with Gasteiger partial charge in [-0.3, -0.25) is 0 Å². The average Bonchev–Trinajstić information content (AvgIpc) is 2.76. The lowest BCUT2D eigenvalue weighted by Gasteiger charge is -2.23. The molecule has 0 amide bonds. The summed E-state index contributed by atoms with van der Waals surface area (Å²) in [5, 5.41) is 12.7. The Morgan fingerprint density at radius 1 is 1.33 bits per heavy atom. The molecule has 0 radical (unpaired) electrons. The quantitative estimate of drug-likeness (QED) is 0.913. The van der Waals surface area contributed by atoms with Gasteiger partial charge in [0.25, 0.3) is 0 Å². The summed E-state index contributed by atoms with van der Waals surface area (Å²) >= 11 is 1.60. The number of ether oxygens (including phenoxy) is 1. The number of hydrogen-bond acceptors (Lipinski definition) is 3. The van der Waals surface area contributed by atoms with Crippen LogP contribution < -0.4 is 4.74 Å². The standard InChI is InChI=1S/C15H18O2S/c1-11-7-8-18-14(11)15(2,16)10-12-5-4-6-13(9-12)17-3/h4-9,16H,10H2,1-3H3. The molecule has 96 valence electrons. The third-order valence-electron chi connectivity index (χ3n) is 3.03. The van der Waals surface area contributed by atoms with Gasteiger partial charge in [0, 0.05) is 11.3 Å². The molecule has 0 aliphatic heterocycles. The summed E-state index contributed by atoms with van der Waals surface area (Å²) in [6, 6.07) is 9.89. The van der Waals surface area contributed by atoms with Gasteiger partial charge in [0.05, 0.1) is 7.11 Å². The van der Waals surface area contributed by atoms with E-state index in [-0.39, 0.29) is 0 Å². The highest BCUT2D eigenvalue weighted by Gasteiger charge is 2.26. The van der Waals surface area contributed by atoms with E-state index < -0.39 is 5.60 Å². The fourth-order valence-electron chi connectivity index (χ4n) is 2.18. The first-order chi connectivity index (χ1) is 8.53. The van der Waals surface area contributed by atoms with Crippen molar-refractivity contribution < 1.29 is 9.84 Å². The average molecular weight is 262 g/mol. The molecule has 18 heavy (non-hydrogen) atoms. The summed E-state index contributed by atoms with van der Waals surface area (Å²) in [5.74, 6) is 0.825. The van der Waals surface area contributed by atoms with Crippen LogP contribution in [0, 0.1) is 6.92 Å². The number of aliphatic hydroxyl groups is 1. The molecule has 1 N–H and O–H groups in total. The molecule has 0 fully saturated rings. The molecule has 1 heterocycles. The maximum absolute atomic E-state index is 10.6. The molecule has 3 heteroatoms. The lowest BCUT2D eigenvalue weighted by Crippen LogP contribution is -2.23. The zero-order valence-corrected chi connectivity index (χ0v) is 11.8. The van der Waals surface area contributed by atoms with Gasteiger partial charge >= 0.3 is 0 Å². The van der Waals surface area contributed by atoms with Crippen molar-refractivity contribution in [2.45, 2.75) is 25.9 Å². The second-order valence-electron chi connectivity index (χ2n) is 4.73. The van der Waals surface area contributed by atoms with E-state index in [0.717, 1.165) is 21.8 Å². The predicted octanol–water partition coefficient (Wildman–Crippen LogP) is 3.52. The minimum absolute atomic E-state index is 0.589. The lowest BCUT2D eigenvalue weighted by atomic mass is 9.93. The Hall–Kier alpha value is -1.32. The molecular formula is C15H18O2S. The summed E-state index contributed by atoms with van der Waals surface area (Å²) in [4.78, 5) is 1.03. The fourth-order valence-corrected chi connectivity index (χ4v) is 3.17. The normalized spacial score (nSPS) is 14.2. The van der Waals surface area contributed by atoms with Crippen LogP contribution in [-0.4, -0.2) is 12.2 Å². The first-order valence-electron chi connectivity index (χ1n) is 5.93. The number of aryl methyl sites for hydroxylation is 1. The smallest absolute Gasteiger partial charge is 0.119 e. The number of methoxy groups -OCH3 is 1. The summed E-state index contributed by atoms with van der Waals surface area (Å²) in [5.41, 5.74) is 1.39. The number of benzene rings is 1. The zero-order chi connectivity index (χ0) is 13.2. The van der Waals surface area contributed by atoms with E-state index >= 15 is 0 Å². The molecular weight excluding hydrogens is 244 g/mol. The second kappa shape index (κ2) is 5.12. The van der Waals surface area contributed by atoms with Crippen LogP contribution in [0.15, 0.2) is 35.7 Å². The van der Waals surface area contributed by atoms with Gasteiger partial charge in [0.15, 0.2) is 0 Å². The maximum atomic E-state index is 10.6. The van der Waals surface area contributed by atoms with Crippen molar-refractivity contribution in [3.8, 4) is 5.75 Å². The van der Waals surface area contributed by atoms with Crippen LogP contribution in [0.5, 0.6) is 5.75 Å². The number of hydrogen-bond donors (Lipinski definition) is 1. The minimum Gasteiger partial charge on any atom is -0.497 e. The lowest BCUT2D eigenvalue weighted by molar-refractivity contribution is 0.0609. The molecule has 0 saturated heterocycles. The highest BCUT2D eigenvalue weighted by atomic mass is 32.1. The highest BCUT2D eigenvalue weighted by molar-refractivity contribution is 7.10. The molecule has 0 bridgehead atoms. The van der Waals surface area contributed by atoms with E-state index in [0.29, 0.717) is 6.42 Å². The monoisotopic (exact) mass is 262 g/mol. The van der Waals surface area contributed by atoms with Gasteiger partial charge in [-0.05, 0) is 48.6 Å². The Bertz CT molecular complexity index is 529. The van der Waals surface area contributed by atoms with Crippen LogP contribution in [0.1, 0.15) is 22.9 Å². The Morgan fingerprint density at radius 2 is 2.11 bits per heavy atom. The minimum atomic E-state index is -0.829. The molecule has 1 unspecified atom stereocenters. The van der Waals surface area contributed by atoms with Gasteiger partial charge in [0.1, 0.15) is 11.4 Å². The number of rotatable bonds is 4. The van der Waals surface area contributed by atoms with Crippen molar-refractivity contribution in [1.29, 1.82) is 0 Å². The zero-order valence-electron chi connectivity index (χ0n) is 10.9. The van der Waals surface area contributed by atoms with E-state index in [1.807, 2.05) is 49.6 Å². The molecule has 2 rings (SSSR count). The molecule has 2 nitrogen and oxygen atoms in total. The summed E-state index contributed by atoms with van der Waals surface area (Å²) < 4.78 is 5.20. The van der Waals surface area contributed by atoms with Crippen LogP contribution in [-0.2, 0) is 12.0 Å². The summed E-state index contributed by atoms with van der Waals surface area (Å²) in [6.07, 6.45) is 0.589. The molecule has 0 saturated carbocycles.